The van der Waals surface area contributed by atoms with Crippen LogP contribution in [-0.2, 0) is 14.3 Å². The van der Waals surface area contributed by atoms with Crippen molar-refractivity contribution in [2.75, 3.05) is 63.0 Å². The topological polar surface area (TPSA) is 202 Å². The van der Waals surface area contributed by atoms with E-state index in [4.69, 9.17) is 9.47 Å². The first-order valence-electron chi connectivity index (χ1n) is 12.1. The van der Waals surface area contributed by atoms with Crippen molar-refractivity contribution >= 4 is 35.5 Å². The summed E-state index contributed by atoms with van der Waals surface area (Å²) in [6.07, 6.45) is 5.78. The molecule has 39 heavy (non-hydrogen) atoms. The van der Waals surface area contributed by atoms with Gasteiger partial charge >= 0.3 is 0 Å². The van der Waals surface area contributed by atoms with E-state index < -0.39 is 0 Å². The number of nitriles is 1. The van der Waals surface area contributed by atoms with Crippen molar-refractivity contribution in [2.24, 2.45) is 10.2 Å². The van der Waals surface area contributed by atoms with E-state index in [0.29, 0.717) is 74.8 Å². The number of nitrogens with zero attached hydrogens (tertiary/aromatic N) is 9. The molecule has 3 aromatic heterocycles. The molecule has 1 amide bonds. The van der Waals surface area contributed by atoms with Crippen molar-refractivity contribution in [1.82, 2.24) is 35.0 Å². The lowest BCUT2D eigenvalue weighted by atomic mass is 10.3. The van der Waals surface area contributed by atoms with Gasteiger partial charge in [0.2, 0.25) is 18.2 Å². The maximum atomic E-state index is 10.7. The molecule has 0 saturated carbocycles. The third-order valence-corrected chi connectivity index (χ3v) is 5.00. The zero-order valence-electron chi connectivity index (χ0n) is 22.0. The predicted octanol–water partition coefficient (Wildman–Crippen LogP) is 1.79. The molecule has 0 aliphatic rings. The zero-order valence-corrected chi connectivity index (χ0v) is 22.0. The number of carbonyl (C=O) groups excluding carboxylic acids is 1. The van der Waals surface area contributed by atoms with Crippen LogP contribution in [0, 0.1) is 11.3 Å². The van der Waals surface area contributed by atoms with Crippen LogP contribution >= 0.6 is 0 Å². The number of rotatable bonds is 17. The van der Waals surface area contributed by atoms with Gasteiger partial charge in [0.25, 0.3) is 0 Å². The highest BCUT2D eigenvalue weighted by Crippen LogP contribution is 2.34. The van der Waals surface area contributed by atoms with Gasteiger partial charge in [-0.15, -0.1) is 15.3 Å². The summed E-state index contributed by atoms with van der Waals surface area (Å²) in [5.74, 6) is 1.65. The minimum Gasteiger partial charge on any atom is -0.385 e. The van der Waals surface area contributed by atoms with Gasteiger partial charge in [-0.25, -0.2) is 14.6 Å². The van der Waals surface area contributed by atoms with E-state index in [1.54, 1.807) is 26.5 Å². The molecule has 0 saturated heterocycles. The average Bonchev–Trinajstić information content (AvgIpc) is 3.37. The Hall–Kier alpha value is -4.75. The molecule has 0 aliphatic carbocycles. The van der Waals surface area contributed by atoms with E-state index in [2.05, 4.69) is 62.6 Å². The summed E-state index contributed by atoms with van der Waals surface area (Å²) < 4.78 is 11.8. The van der Waals surface area contributed by atoms with Gasteiger partial charge in [-0.2, -0.15) is 15.2 Å². The smallest absolute Gasteiger partial charge is 0.227 e. The summed E-state index contributed by atoms with van der Waals surface area (Å²) in [5, 5.41) is 34.8. The number of methoxy groups -OCH3 is 2. The fraction of sp³-hybridized carbons (Fsp3) is 0.435. The number of nitrogens with one attached hydrogen (secondary N) is 4. The average molecular weight is 538 g/mol. The van der Waals surface area contributed by atoms with E-state index in [-0.39, 0.29) is 17.4 Å². The van der Waals surface area contributed by atoms with Crippen LogP contribution in [0.1, 0.15) is 18.9 Å². The lowest BCUT2D eigenvalue weighted by Crippen LogP contribution is -2.24. The molecule has 0 aliphatic heterocycles. The van der Waals surface area contributed by atoms with Crippen LogP contribution in [0.5, 0.6) is 0 Å². The Balaban J connectivity index is 2.00. The quantitative estimate of drug-likeness (QED) is 0.111. The number of hydrogen-bond acceptors (Lipinski definition) is 14. The van der Waals surface area contributed by atoms with E-state index in [9.17, 15) is 10.1 Å². The van der Waals surface area contributed by atoms with Crippen LogP contribution in [0.4, 0.5) is 29.1 Å². The molecule has 0 spiro atoms. The highest BCUT2D eigenvalue weighted by Gasteiger charge is 2.17. The molecule has 3 aromatic rings. The van der Waals surface area contributed by atoms with E-state index in [1.165, 1.54) is 17.2 Å². The van der Waals surface area contributed by atoms with E-state index in [1.807, 2.05) is 6.92 Å². The molecule has 0 aromatic carbocycles. The van der Waals surface area contributed by atoms with Gasteiger partial charge in [-0.3, -0.25) is 4.79 Å². The molecule has 1 unspecified atom stereocenters. The van der Waals surface area contributed by atoms with Crippen LogP contribution < -0.4 is 21.3 Å². The molecule has 1 atom stereocenters. The maximum Gasteiger partial charge on any atom is 0.227 e. The van der Waals surface area contributed by atoms with Crippen LogP contribution in [0.15, 0.2) is 35.0 Å². The van der Waals surface area contributed by atoms with Gasteiger partial charge in [-0.05, 0) is 13.3 Å². The SMILES string of the molecule is COCCCNc1nc(NC(C)COC)nc(NCCNC=O)c1N=Nc1nn(-c2ccncn2)cc1C#N. The van der Waals surface area contributed by atoms with Crippen molar-refractivity contribution in [1.29, 1.82) is 5.26 Å². The van der Waals surface area contributed by atoms with Crippen molar-refractivity contribution in [2.45, 2.75) is 19.4 Å². The van der Waals surface area contributed by atoms with Crippen LogP contribution in [0.2, 0.25) is 0 Å². The van der Waals surface area contributed by atoms with Crippen LogP contribution in [0.3, 0.4) is 0 Å². The first-order valence-corrected chi connectivity index (χ1v) is 12.1. The largest absolute Gasteiger partial charge is 0.385 e. The van der Waals surface area contributed by atoms with Crippen molar-refractivity contribution in [3.63, 3.8) is 0 Å². The summed E-state index contributed by atoms with van der Waals surface area (Å²) in [7, 11) is 3.24. The number of hydrogen-bond donors (Lipinski definition) is 4. The summed E-state index contributed by atoms with van der Waals surface area (Å²) in [4.78, 5) is 27.9. The van der Waals surface area contributed by atoms with Gasteiger partial charge in [0.15, 0.2) is 23.1 Å². The molecule has 0 radical (unpaired) electrons. The highest BCUT2D eigenvalue weighted by atomic mass is 16.5. The molecule has 3 heterocycles. The second-order valence-electron chi connectivity index (χ2n) is 8.06. The van der Waals surface area contributed by atoms with Gasteiger partial charge in [0.05, 0.1) is 12.8 Å². The van der Waals surface area contributed by atoms with Crippen LogP contribution in [0.25, 0.3) is 5.82 Å². The number of carbonyl (C=O) groups is 1. The van der Waals surface area contributed by atoms with Gasteiger partial charge in [0, 0.05) is 58.8 Å². The Labute approximate surface area is 225 Å². The summed E-state index contributed by atoms with van der Waals surface area (Å²) in [5.41, 5.74) is 0.494. The Morgan fingerprint density at radius 3 is 2.62 bits per heavy atom. The number of ether oxygens (including phenoxy) is 2. The van der Waals surface area contributed by atoms with Gasteiger partial charge < -0.3 is 30.7 Å². The normalized spacial score (nSPS) is 11.6. The molecule has 0 bridgehead atoms. The number of anilines is 3. The number of aromatic nitrogens is 6. The monoisotopic (exact) mass is 537 g/mol. The summed E-state index contributed by atoms with van der Waals surface area (Å²) >= 11 is 0. The molecule has 3 rings (SSSR count). The molecular weight excluding hydrogens is 506 g/mol. The van der Waals surface area contributed by atoms with Crippen molar-refractivity contribution in [3.8, 4) is 11.9 Å². The second-order valence-corrected chi connectivity index (χ2v) is 8.06. The highest BCUT2D eigenvalue weighted by molar-refractivity contribution is 5.75. The van der Waals surface area contributed by atoms with Gasteiger partial charge in [-0.1, -0.05) is 0 Å². The van der Waals surface area contributed by atoms with Crippen molar-refractivity contribution < 1.29 is 14.3 Å². The Bertz CT molecular complexity index is 1260. The first-order chi connectivity index (χ1) is 19.1. The minimum atomic E-state index is -0.0719. The van der Waals surface area contributed by atoms with Gasteiger partial charge in [0.1, 0.15) is 18.0 Å². The maximum absolute atomic E-state index is 10.7. The summed E-state index contributed by atoms with van der Waals surface area (Å²) in [6.45, 7) is 4.19. The Morgan fingerprint density at radius 1 is 1.15 bits per heavy atom. The molecule has 4 N–H and O–H groups in total. The van der Waals surface area contributed by atoms with E-state index >= 15 is 0 Å². The molecular formula is C23H31N13O3. The van der Waals surface area contributed by atoms with E-state index in [0.717, 1.165) is 0 Å². The lowest BCUT2D eigenvalue weighted by molar-refractivity contribution is -0.109. The molecule has 16 heteroatoms. The Kier molecular flexibility index (Phi) is 11.4. The van der Waals surface area contributed by atoms with Crippen LogP contribution in [-0.4, -0.2) is 89.2 Å². The lowest BCUT2D eigenvalue weighted by Gasteiger charge is -2.17. The zero-order chi connectivity index (χ0) is 27.9. The number of azo groups is 1. The fourth-order valence-electron chi connectivity index (χ4n) is 3.26. The predicted molar refractivity (Wildman–Crippen MR) is 143 cm³/mol. The standard InChI is InChI=1S/C23H31N13O3/c1-16(13-39-3)30-23-31-21(27-6-4-10-38-2)19(22(32-23)28-9-8-26-15-37)33-34-20-17(11-24)12-36(35-20)18-5-7-25-14-29-18/h5,7,12,14-16H,4,6,8-10,13H2,1-3H3,(H,26,37)(H3,27,28,30,31,32). The minimum absolute atomic E-state index is 0.0719. The third-order valence-electron chi connectivity index (χ3n) is 5.00. The molecule has 0 fully saturated rings. The molecule has 206 valence electrons. The third kappa shape index (κ3) is 8.66. The first kappa shape index (κ1) is 28.8. The number of amides is 1. The second kappa shape index (κ2) is 15.5. The van der Waals surface area contributed by atoms with Crippen molar-refractivity contribution in [3.05, 3.63) is 30.4 Å². The Morgan fingerprint density at radius 2 is 1.95 bits per heavy atom. The molecule has 16 nitrogen and oxygen atoms in total. The fourth-order valence-corrected chi connectivity index (χ4v) is 3.26. The summed E-state index contributed by atoms with van der Waals surface area (Å²) in [6, 6.07) is 3.65.